The van der Waals surface area contributed by atoms with Crippen LogP contribution in [-0.4, -0.2) is 33.6 Å². The van der Waals surface area contributed by atoms with Gasteiger partial charge in [-0.1, -0.05) is 48.5 Å². The molecule has 5 rings (SSSR count). The van der Waals surface area contributed by atoms with Crippen molar-refractivity contribution < 1.29 is 9.53 Å². The highest BCUT2D eigenvalue weighted by atomic mass is 16.6. The van der Waals surface area contributed by atoms with Crippen molar-refractivity contribution in [3.05, 3.63) is 83.7 Å². The first-order valence-electron chi connectivity index (χ1n) is 9.85. The number of aliphatic imine (C=N–C) groups is 2. The van der Waals surface area contributed by atoms with Gasteiger partial charge in [-0.05, 0) is 19.1 Å². The number of hydrogen-bond donors (Lipinski definition) is 3. The minimum atomic E-state index is -1.03. The predicted molar refractivity (Wildman–Crippen MR) is 116 cm³/mol. The van der Waals surface area contributed by atoms with E-state index in [1.54, 1.807) is 10.9 Å². The van der Waals surface area contributed by atoms with Gasteiger partial charge in [-0.25, -0.2) is 4.99 Å². The number of ether oxygens (including phenoxy) is 1. The predicted octanol–water partition coefficient (Wildman–Crippen LogP) is 1.89. The minimum absolute atomic E-state index is 0.172. The van der Waals surface area contributed by atoms with E-state index in [0.29, 0.717) is 11.4 Å². The lowest BCUT2D eigenvalue weighted by atomic mass is 10.0. The summed E-state index contributed by atoms with van der Waals surface area (Å²) in [5, 5.41) is 7.11. The van der Waals surface area contributed by atoms with E-state index in [4.69, 9.17) is 9.73 Å². The van der Waals surface area contributed by atoms with Crippen LogP contribution < -0.4 is 16.2 Å². The standard InChI is InChI=1S/C22H21N7O2/c1-22(17-12-13-23-29(17)2)28-27-21(31-22)26-19-20(30)24-16-11-7-6-10-15(16)18(25-19)14-8-4-3-5-9-14/h3-13,19,28H,1-2H3,(H,24,30)(H,26,27). The molecule has 9 heteroatoms. The molecule has 2 aromatic carbocycles. The number of carbonyl (C=O) groups is 1. The molecule has 2 aliphatic heterocycles. The van der Waals surface area contributed by atoms with Gasteiger partial charge in [0, 0.05) is 24.4 Å². The number of nitrogens with one attached hydrogen (secondary N) is 3. The van der Waals surface area contributed by atoms with Crippen LogP contribution in [0.25, 0.3) is 0 Å². The lowest BCUT2D eigenvalue weighted by molar-refractivity contribution is -0.117. The molecule has 3 heterocycles. The lowest BCUT2D eigenvalue weighted by Gasteiger charge is -2.21. The van der Waals surface area contributed by atoms with Crippen LogP contribution in [0.2, 0.25) is 0 Å². The summed E-state index contributed by atoms with van der Waals surface area (Å²) in [5.74, 6) is -0.342. The van der Waals surface area contributed by atoms with Crippen LogP contribution in [0.1, 0.15) is 23.7 Å². The van der Waals surface area contributed by atoms with E-state index in [9.17, 15) is 4.79 Å². The molecule has 3 N–H and O–H groups in total. The number of rotatable bonds is 3. The monoisotopic (exact) mass is 415 g/mol. The van der Waals surface area contributed by atoms with Gasteiger partial charge in [-0.3, -0.25) is 14.9 Å². The number of hydrogen-bond acceptors (Lipinski definition) is 6. The molecule has 31 heavy (non-hydrogen) atoms. The van der Waals surface area contributed by atoms with Crippen molar-refractivity contribution in [2.45, 2.75) is 18.8 Å². The fourth-order valence-corrected chi connectivity index (χ4v) is 3.70. The Bertz CT molecular complexity index is 1200. The fraction of sp³-hybridized carbons (Fsp3) is 0.182. The van der Waals surface area contributed by atoms with E-state index in [2.05, 4.69) is 26.3 Å². The number of amidine groups is 1. The third-order valence-corrected chi connectivity index (χ3v) is 5.23. The van der Waals surface area contributed by atoms with Crippen LogP contribution in [-0.2, 0) is 22.3 Å². The first-order valence-corrected chi connectivity index (χ1v) is 9.85. The number of aryl methyl sites for hydroxylation is 1. The van der Waals surface area contributed by atoms with Gasteiger partial charge in [0.1, 0.15) is 0 Å². The molecule has 0 spiro atoms. The third-order valence-electron chi connectivity index (χ3n) is 5.23. The Morgan fingerprint density at radius 1 is 1.10 bits per heavy atom. The summed E-state index contributed by atoms with van der Waals surface area (Å²) in [6, 6.07) is 19.3. The smallest absolute Gasteiger partial charge is 0.304 e. The molecule has 2 atom stereocenters. The van der Waals surface area contributed by atoms with Crippen molar-refractivity contribution in [1.82, 2.24) is 20.6 Å². The molecule has 156 valence electrons. The van der Waals surface area contributed by atoms with Crippen molar-refractivity contribution in [3.8, 4) is 0 Å². The topological polar surface area (TPSA) is 105 Å². The minimum Gasteiger partial charge on any atom is -0.435 e. The third kappa shape index (κ3) is 3.44. The molecule has 1 fully saturated rings. The van der Waals surface area contributed by atoms with Gasteiger partial charge in [0.2, 0.25) is 11.9 Å². The highest BCUT2D eigenvalue weighted by Crippen LogP contribution is 2.26. The van der Waals surface area contributed by atoms with Gasteiger partial charge in [0.15, 0.2) is 0 Å². The Hall–Kier alpha value is -3.98. The number of hydrazine groups is 1. The van der Waals surface area contributed by atoms with Crippen molar-refractivity contribution in [2.24, 2.45) is 17.0 Å². The second-order valence-electron chi connectivity index (χ2n) is 7.41. The Kier molecular flexibility index (Phi) is 4.52. The highest BCUT2D eigenvalue weighted by Gasteiger charge is 2.39. The van der Waals surface area contributed by atoms with Gasteiger partial charge in [-0.2, -0.15) is 15.5 Å². The molecule has 0 radical (unpaired) electrons. The Balaban J connectivity index is 1.52. The normalized spacial score (nSPS) is 23.9. The number of fused-ring (bicyclic) bond motifs is 1. The molecule has 0 bridgehead atoms. The van der Waals surface area contributed by atoms with Crippen LogP contribution >= 0.6 is 0 Å². The molecule has 1 aromatic heterocycles. The summed E-state index contributed by atoms with van der Waals surface area (Å²) in [6.45, 7) is 1.85. The number of nitrogens with zero attached hydrogens (tertiary/aromatic N) is 4. The maximum absolute atomic E-state index is 12.9. The van der Waals surface area contributed by atoms with Gasteiger partial charge in [0.05, 0.1) is 17.1 Å². The number of para-hydroxylation sites is 1. The number of carbonyl (C=O) groups excluding carboxylic acids is 1. The Labute approximate surface area is 178 Å². The van der Waals surface area contributed by atoms with Gasteiger partial charge >= 0.3 is 6.02 Å². The SMILES string of the molecule is Cn1nccc1C1(C)NNC(=NC2N=C(c3ccccc3)c3ccccc3NC2=O)O1. The van der Waals surface area contributed by atoms with Crippen molar-refractivity contribution in [1.29, 1.82) is 0 Å². The summed E-state index contributed by atoms with van der Waals surface area (Å²) in [5.41, 5.74) is 9.00. The number of aromatic nitrogens is 2. The molecule has 2 aliphatic rings. The molecular weight excluding hydrogens is 394 g/mol. The van der Waals surface area contributed by atoms with Crippen LogP contribution in [0.3, 0.4) is 0 Å². The molecule has 9 nitrogen and oxygen atoms in total. The van der Waals surface area contributed by atoms with E-state index in [-0.39, 0.29) is 11.9 Å². The van der Waals surface area contributed by atoms with Crippen molar-refractivity contribution in [2.75, 3.05) is 5.32 Å². The zero-order chi connectivity index (χ0) is 21.4. The number of benzene rings is 2. The molecule has 1 amide bonds. The average Bonchev–Trinajstić information content (AvgIpc) is 3.35. The second-order valence-corrected chi connectivity index (χ2v) is 7.41. The first kappa shape index (κ1) is 19.0. The van der Waals surface area contributed by atoms with Gasteiger partial charge in [0.25, 0.3) is 5.91 Å². The maximum Gasteiger partial charge on any atom is 0.304 e. The lowest BCUT2D eigenvalue weighted by Crippen LogP contribution is -2.41. The summed E-state index contributed by atoms with van der Waals surface area (Å²) in [7, 11) is 1.83. The number of benzodiazepines with no additional fused rings is 1. The Morgan fingerprint density at radius 3 is 2.65 bits per heavy atom. The molecule has 3 aromatic rings. The average molecular weight is 415 g/mol. The first-order chi connectivity index (χ1) is 15.0. The molecule has 0 saturated carbocycles. The van der Waals surface area contributed by atoms with Gasteiger partial charge < -0.3 is 10.1 Å². The molecule has 1 saturated heterocycles. The van der Waals surface area contributed by atoms with E-state index >= 15 is 0 Å². The summed E-state index contributed by atoms with van der Waals surface area (Å²) in [6.07, 6.45) is 0.661. The van der Waals surface area contributed by atoms with Gasteiger partial charge in [-0.15, -0.1) is 0 Å². The highest BCUT2D eigenvalue weighted by molar-refractivity contribution is 6.19. The number of amides is 1. The van der Waals surface area contributed by atoms with Crippen molar-refractivity contribution in [3.63, 3.8) is 0 Å². The second kappa shape index (κ2) is 7.37. The van der Waals surface area contributed by atoms with Crippen LogP contribution in [0.4, 0.5) is 5.69 Å². The molecular formula is C22H21N7O2. The zero-order valence-corrected chi connectivity index (χ0v) is 17.0. The maximum atomic E-state index is 12.9. The van der Waals surface area contributed by atoms with E-state index in [1.807, 2.05) is 74.6 Å². The van der Waals surface area contributed by atoms with E-state index in [1.165, 1.54) is 0 Å². The summed E-state index contributed by atoms with van der Waals surface area (Å²) < 4.78 is 7.71. The molecule has 0 aliphatic carbocycles. The van der Waals surface area contributed by atoms with Crippen molar-refractivity contribution >= 4 is 23.3 Å². The van der Waals surface area contributed by atoms with Crippen LogP contribution in [0.5, 0.6) is 0 Å². The number of anilines is 1. The fourth-order valence-electron chi connectivity index (χ4n) is 3.70. The van der Waals surface area contributed by atoms with E-state index < -0.39 is 11.9 Å². The Morgan fingerprint density at radius 2 is 1.87 bits per heavy atom. The largest absolute Gasteiger partial charge is 0.435 e. The quantitative estimate of drug-likeness (QED) is 0.606. The zero-order valence-electron chi connectivity index (χ0n) is 17.0. The summed E-state index contributed by atoms with van der Waals surface area (Å²) >= 11 is 0. The van der Waals surface area contributed by atoms with Crippen LogP contribution in [0, 0.1) is 0 Å². The molecule has 2 unspecified atom stereocenters. The summed E-state index contributed by atoms with van der Waals surface area (Å²) in [4.78, 5) is 22.1. The van der Waals surface area contributed by atoms with E-state index in [0.717, 1.165) is 16.8 Å². The van der Waals surface area contributed by atoms with Crippen LogP contribution in [0.15, 0.2) is 76.8 Å².